The lowest BCUT2D eigenvalue weighted by molar-refractivity contribution is -0.137. The van der Waals surface area contributed by atoms with Gasteiger partial charge in [0.25, 0.3) is 0 Å². The summed E-state index contributed by atoms with van der Waals surface area (Å²) in [6.07, 6.45) is -2.43. The van der Waals surface area contributed by atoms with E-state index in [9.17, 15) is 13.2 Å². The van der Waals surface area contributed by atoms with Gasteiger partial charge < -0.3 is 0 Å². The second-order valence-corrected chi connectivity index (χ2v) is 7.08. The van der Waals surface area contributed by atoms with E-state index in [2.05, 4.69) is 20.0 Å². The second kappa shape index (κ2) is 8.29. The van der Waals surface area contributed by atoms with Crippen molar-refractivity contribution in [2.75, 3.05) is 6.54 Å². The lowest BCUT2D eigenvalue weighted by Crippen LogP contribution is -2.06. The van der Waals surface area contributed by atoms with E-state index in [0.717, 1.165) is 11.6 Å². The van der Waals surface area contributed by atoms with Crippen LogP contribution in [0.2, 0.25) is 5.02 Å². The Hall–Kier alpha value is -3.55. The molecule has 0 aliphatic carbocycles. The summed E-state index contributed by atoms with van der Waals surface area (Å²) in [6.45, 7) is 0.332. The summed E-state index contributed by atoms with van der Waals surface area (Å²) in [6, 6.07) is 14.9. The van der Waals surface area contributed by atoms with E-state index in [-0.39, 0.29) is 5.52 Å². The number of halogens is 4. The maximum atomic E-state index is 13.3. The number of rotatable bonds is 5. The van der Waals surface area contributed by atoms with Crippen molar-refractivity contribution in [3.8, 4) is 17.2 Å². The molecule has 0 unspecified atom stereocenters. The van der Waals surface area contributed by atoms with Gasteiger partial charge in [0, 0.05) is 23.3 Å². The first-order valence-electron chi connectivity index (χ1n) is 9.19. The van der Waals surface area contributed by atoms with Crippen LogP contribution in [-0.4, -0.2) is 21.1 Å². The summed E-state index contributed by atoms with van der Waals surface area (Å²) in [5.74, 6) is 0.396. The quantitative estimate of drug-likeness (QED) is 0.198. The standard InChI is InChI=1S/C21H14ClF3N6/c22-16-12-19-18(11-15(16)21(23,24)25)29-20(17-3-1-2-9-27-17)31(19)14-6-4-13(5-7-14)8-10-28-30-26/h1-7,9,11-12H,8,10H2. The third kappa shape index (κ3) is 4.19. The van der Waals surface area contributed by atoms with Gasteiger partial charge in [-0.15, -0.1) is 0 Å². The Labute approximate surface area is 179 Å². The molecule has 2 aromatic heterocycles. The van der Waals surface area contributed by atoms with Crippen molar-refractivity contribution >= 4 is 22.6 Å². The Morgan fingerprint density at radius 3 is 2.52 bits per heavy atom. The van der Waals surface area contributed by atoms with E-state index in [1.54, 1.807) is 29.0 Å². The van der Waals surface area contributed by atoms with E-state index in [1.807, 2.05) is 24.3 Å². The van der Waals surface area contributed by atoms with Crippen LogP contribution in [0, 0.1) is 0 Å². The molecule has 0 aliphatic rings. The minimum absolute atomic E-state index is 0.157. The number of fused-ring (bicyclic) bond motifs is 1. The number of hydrogen-bond donors (Lipinski definition) is 0. The van der Waals surface area contributed by atoms with Crippen LogP contribution in [-0.2, 0) is 12.6 Å². The summed E-state index contributed by atoms with van der Waals surface area (Å²) in [5, 5.41) is 3.12. The number of alkyl halides is 3. The first-order valence-corrected chi connectivity index (χ1v) is 9.57. The van der Waals surface area contributed by atoms with E-state index in [4.69, 9.17) is 17.1 Å². The van der Waals surface area contributed by atoms with Gasteiger partial charge in [0.15, 0.2) is 5.82 Å². The molecule has 4 rings (SSSR count). The number of azide groups is 1. The Bertz CT molecular complexity index is 1280. The number of hydrogen-bond acceptors (Lipinski definition) is 3. The number of benzene rings is 2. The molecule has 2 heterocycles. The lowest BCUT2D eigenvalue weighted by Gasteiger charge is -2.12. The van der Waals surface area contributed by atoms with Gasteiger partial charge in [-0.05, 0) is 53.9 Å². The third-order valence-electron chi connectivity index (χ3n) is 4.70. The summed E-state index contributed by atoms with van der Waals surface area (Å²) < 4.78 is 41.7. The summed E-state index contributed by atoms with van der Waals surface area (Å²) in [7, 11) is 0. The highest BCUT2D eigenvalue weighted by molar-refractivity contribution is 6.32. The van der Waals surface area contributed by atoms with Crippen LogP contribution in [0.4, 0.5) is 13.2 Å². The number of nitrogens with zero attached hydrogens (tertiary/aromatic N) is 6. The van der Waals surface area contributed by atoms with E-state index in [0.29, 0.717) is 35.7 Å². The van der Waals surface area contributed by atoms with Crippen LogP contribution < -0.4 is 0 Å². The molecule has 156 valence electrons. The summed E-state index contributed by atoms with van der Waals surface area (Å²) in [4.78, 5) is 11.5. The van der Waals surface area contributed by atoms with Crippen LogP contribution in [0.5, 0.6) is 0 Å². The fourth-order valence-electron chi connectivity index (χ4n) is 3.28. The van der Waals surface area contributed by atoms with Crippen molar-refractivity contribution in [3.63, 3.8) is 0 Å². The Morgan fingerprint density at radius 2 is 1.87 bits per heavy atom. The zero-order chi connectivity index (χ0) is 22.0. The van der Waals surface area contributed by atoms with Crippen molar-refractivity contribution in [2.45, 2.75) is 12.6 Å². The second-order valence-electron chi connectivity index (χ2n) is 6.68. The van der Waals surface area contributed by atoms with E-state index < -0.39 is 16.8 Å². The smallest absolute Gasteiger partial charge is 0.291 e. The van der Waals surface area contributed by atoms with Gasteiger partial charge in [-0.1, -0.05) is 34.9 Å². The molecule has 0 fully saturated rings. The van der Waals surface area contributed by atoms with Gasteiger partial charge in [-0.25, -0.2) is 4.98 Å². The summed E-state index contributed by atoms with van der Waals surface area (Å²) in [5.41, 5.74) is 10.2. The Morgan fingerprint density at radius 1 is 1.10 bits per heavy atom. The first kappa shape index (κ1) is 20.7. The average molecular weight is 443 g/mol. The lowest BCUT2D eigenvalue weighted by atomic mass is 10.1. The minimum Gasteiger partial charge on any atom is -0.291 e. The SMILES string of the molecule is [N-]=[N+]=NCCc1ccc(-n2c(-c3ccccn3)nc3cc(C(F)(F)F)c(Cl)cc32)cc1. The highest BCUT2D eigenvalue weighted by atomic mass is 35.5. The molecule has 0 aliphatic heterocycles. The molecule has 0 N–H and O–H groups in total. The predicted octanol–water partition coefficient (Wildman–Crippen LogP) is 6.61. The van der Waals surface area contributed by atoms with Crippen LogP contribution in [0.1, 0.15) is 11.1 Å². The molecular weight excluding hydrogens is 429 g/mol. The summed E-state index contributed by atoms with van der Waals surface area (Å²) >= 11 is 5.98. The zero-order valence-corrected chi connectivity index (χ0v) is 16.6. The van der Waals surface area contributed by atoms with Crippen molar-refractivity contribution in [3.05, 3.63) is 87.4 Å². The van der Waals surface area contributed by atoms with Crippen molar-refractivity contribution in [1.29, 1.82) is 0 Å². The molecule has 0 spiro atoms. The molecular formula is C21H14ClF3N6. The van der Waals surface area contributed by atoms with Crippen molar-refractivity contribution in [1.82, 2.24) is 14.5 Å². The van der Waals surface area contributed by atoms with Gasteiger partial charge in [-0.3, -0.25) is 9.55 Å². The van der Waals surface area contributed by atoms with Gasteiger partial charge in [0.05, 0.1) is 21.6 Å². The molecule has 0 bridgehead atoms. The zero-order valence-electron chi connectivity index (χ0n) is 15.9. The maximum absolute atomic E-state index is 13.3. The van der Waals surface area contributed by atoms with Crippen molar-refractivity contribution < 1.29 is 13.2 Å². The Kier molecular flexibility index (Phi) is 5.54. The molecule has 0 radical (unpaired) electrons. The van der Waals surface area contributed by atoms with E-state index >= 15 is 0 Å². The fraction of sp³-hybridized carbons (Fsp3) is 0.143. The van der Waals surface area contributed by atoms with Gasteiger partial charge >= 0.3 is 6.18 Å². The van der Waals surface area contributed by atoms with Crippen molar-refractivity contribution in [2.24, 2.45) is 5.11 Å². The molecule has 0 atom stereocenters. The molecule has 31 heavy (non-hydrogen) atoms. The Balaban J connectivity index is 1.90. The molecule has 0 amide bonds. The fourth-order valence-corrected chi connectivity index (χ4v) is 3.54. The molecule has 0 saturated heterocycles. The molecule has 0 saturated carbocycles. The largest absolute Gasteiger partial charge is 0.417 e. The van der Waals surface area contributed by atoms with Crippen LogP contribution in [0.15, 0.2) is 65.9 Å². The average Bonchev–Trinajstić information content (AvgIpc) is 3.12. The van der Waals surface area contributed by atoms with Crippen LogP contribution >= 0.6 is 11.6 Å². The number of pyridine rings is 1. The number of imidazole rings is 1. The van der Waals surface area contributed by atoms with Gasteiger partial charge in [-0.2, -0.15) is 13.2 Å². The van der Waals surface area contributed by atoms with Gasteiger partial charge in [0.2, 0.25) is 0 Å². The van der Waals surface area contributed by atoms with Crippen LogP contribution in [0.3, 0.4) is 0 Å². The number of aromatic nitrogens is 3. The van der Waals surface area contributed by atoms with Gasteiger partial charge in [0.1, 0.15) is 5.69 Å². The monoisotopic (exact) mass is 442 g/mol. The highest BCUT2D eigenvalue weighted by Gasteiger charge is 2.34. The molecule has 6 nitrogen and oxygen atoms in total. The third-order valence-corrected chi connectivity index (χ3v) is 5.01. The molecule has 10 heteroatoms. The molecule has 4 aromatic rings. The normalized spacial score (nSPS) is 11.5. The van der Waals surface area contributed by atoms with E-state index in [1.165, 1.54) is 6.07 Å². The topological polar surface area (TPSA) is 79.5 Å². The highest BCUT2D eigenvalue weighted by Crippen LogP contribution is 2.38. The van der Waals surface area contributed by atoms with Crippen LogP contribution in [0.25, 0.3) is 38.7 Å². The minimum atomic E-state index is -4.59. The molecule has 2 aromatic carbocycles. The predicted molar refractivity (Wildman–Crippen MR) is 112 cm³/mol. The maximum Gasteiger partial charge on any atom is 0.417 e. The first-order chi connectivity index (χ1) is 14.9.